The molecule has 0 heterocycles. The van der Waals surface area contributed by atoms with E-state index in [0.717, 1.165) is 25.7 Å². The van der Waals surface area contributed by atoms with E-state index in [4.69, 9.17) is 0 Å². The van der Waals surface area contributed by atoms with Crippen LogP contribution in [0.5, 0.6) is 0 Å². The maximum absolute atomic E-state index is 11.1. The summed E-state index contributed by atoms with van der Waals surface area (Å²) in [6.07, 6.45) is 4.16. The van der Waals surface area contributed by atoms with Gasteiger partial charge in [-0.25, -0.2) is 0 Å². The van der Waals surface area contributed by atoms with Crippen molar-refractivity contribution < 1.29 is 19.1 Å². The first-order valence-electron chi connectivity index (χ1n) is 5.89. The molecule has 0 atom stereocenters. The highest BCUT2D eigenvalue weighted by Gasteiger charge is 2.07. The van der Waals surface area contributed by atoms with E-state index in [1.54, 1.807) is 6.92 Å². The number of methoxy groups -OCH3 is 1. The molecule has 0 spiro atoms. The molecule has 5 nitrogen and oxygen atoms in total. The number of ketones is 1. The number of unbranched alkanes of at least 4 members (excludes halogenated alkanes) is 3. The molecule has 1 N–H and O–H groups in total. The summed E-state index contributed by atoms with van der Waals surface area (Å²) in [6, 6.07) is 0. The van der Waals surface area contributed by atoms with Crippen LogP contribution in [-0.4, -0.2) is 31.3 Å². The predicted molar refractivity (Wildman–Crippen MR) is 63.4 cm³/mol. The standard InChI is InChI=1S/C12H21NO4/c1-10(14)7-5-3-4-6-8-13-11(15)9-12(16)17-2/h3-9H2,1-2H3,(H,13,15). The van der Waals surface area contributed by atoms with Gasteiger partial charge in [0.2, 0.25) is 5.91 Å². The average Bonchev–Trinajstić information content (AvgIpc) is 2.27. The number of ether oxygens (including phenoxy) is 1. The van der Waals surface area contributed by atoms with Crippen LogP contribution >= 0.6 is 0 Å². The largest absolute Gasteiger partial charge is 0.469 e. The maximum Gasteiger partial charge on any atom is 0.315 e. The quantitative estimate of drug-likeness (QED) is 0.375. The highest BCUT2D eigenvalue weighted by atomic mass is 16.5. The van der Waals surface area contributed by atoms with Crippen molar-refractivity contribution in [2.24, 2.45) is 0 Å². The van der Waals surface area contributed by atoms with Gasteiger partial charge in [-0.15, -0.1) is 0 Å². The van der Waals surface area contributed by atoms with Crippen molar-refractivity contribution in [3.05, 3.63) is 0 Å². The van der Waals surface area contributed by atoms with E-state index in [1.165, 1.54) is 7.11 Å². The number of hydrogen-bond acceptors (Lipinski definition) is 4. The van der Waals surface area contributed by atoms with Gasteiger partial charge in [0.1, 0.15) is 12.2 Å². The fraction of sp³-hybridized carbons (Fsp3) is 0.750. The SMILES string of the molecule is COC(=O)CC(=O)NCCCCCCC(C)=O. The Balaban J connectivity index is 3.30. The molecule has 0 radical (unpaired) electrons. The lowest BCUT2D eigenvalue weighted by molar-refractivity contribution is -0.143. The van der Waals surface area contributed by atoms with Crippen LogP contribution in [0.25, 0.3) is 0 Å². The molecule has 0 fully saturated rings. The molecule has 0 aromatic heterocycles. The molecule has 0 aliphatic carbocycles. The second-order valence-electron chi connectivity index (χ2n) is 3.97. The molecule has 0 aromatic carbocycles. The topological polar surface area (TPSA) is 72.5 Å². The van der Waals surface area contributed by atoms with E-state index >= 15 is 0 Å². The first kappa shape index (κ1) is 15.6. The molecule has 0 rings (SSSR count). The third kappa shape index (κ3) is 10.9. The highest BCUT2D eigenvalue weighted by Crippen LogP contribution is 2.02. The van der Waals surface area contributed by atoms with Gasteiger partial charge >= 0.3 is 5.97 Å². The number of carbonyl (C=O) groups excluding carboxylic acids is 3. The van der Waals surface area contributed by atoms with Crippen LogP contribution in [-0.2, 0) is 19.1 Å². The van der Waals surface area contributed by atoms with Crippen LogP contribution in [0.2, 0.25) is 0 Å². The average molecular weight is 243 g/mol. The number of hydrogen-bond donors (Lipinski definition) is 1. The molecule has 5 heteroatoms. The Hall–Kier alpha value is -1.39. The Bertz CT molecular complexity index is 263. The first-order valence-corrected chi connectivity index (χ1v) is 5.89. The Morgan fingerprint density at radius 3 is 2.29 bits per heavy atom. The van der Waals surface area contributed by atoms with Crippen molar-refractivity contribution in [2.45, 2.75) is 45.4 Å². The van der Waals surface area contributed by atoms with Crippen LogP contribution < -0.4 is 5.32 Å². The highest BCUT2D eigenvalue weighted by molar-refractivity contribution is 5.94. The summed E-state index contributed by atoms with van der Waals surface area (Å²) < 4.78 is 4.37. The predicted octanol–water partition coefficient (Wildman–Crippen LogP) is 1.21. The van der Waals surface area contributed by atoms with Gasteiger partial charge in [0.05, 0.1) is 7.11 Å². The van der Waals surface area contributed by atoms with Gasteiger partial charge in [0.15, 0.2) is 0 Å². The molecule has 98 valence electrons. The van der Waals surface area contributed by atoms with Gasteiger partial charge in [-0.3, -0.25) is 9.59 Å². The monoisotopic (exact) mass is 243 g/mol. The molecular weight excluding hydrogens is 222 g/mol. The number of esters is 1. The van der Waals surface area contributed by atoms with Crippen molar-refractivity contribution in [1.29, 1.82) is 0 Å². The molecule has 1 amide bonds. The molecule has 0 saturated carbocycles. The third-order valence-electron chi connectivity index (χ3n) is 2.31. The molecule has 0 saturated heterocycles. The minimum Gasteiger partial charge on any atom is -0.469 e. The third-order valence-corrected chi connectivity index (χ3v) is 2.31. The summed E-state index contributed by atoms with van der Waals surface area (Å²) in [5.41, 5.74) is 0. The van der Waals surface area contributed by atoms with E-state index < -0.39 is 5.97 Å². The fourth-order valence-electron chi connectivity index (χ4n) is 1.35. The molecule has 0 aliphatic heterocycles. The zero-order valence-electron chi connectivity index (χ0n) is 10.6. The van der Waals surface area contributed by atoms with Crippen LogP contribution in [0.4, 0.5) is 0 Å². The number of nitrogens with one attached hydrogen (secondary N) is 1. The Morgan fingerprint density at radius 1 is 1.06 bits per heavy atom. The van der Waals surface area contributed by atoms with Crippen molar-refractivity contribution in [1.82, 2.24) is 5.32 Å². The van der Waals surface area contributed by atoms with Crippen LogP contribution in [0, 0.1) is 0 Å². The molecular formula is C12H21NO4. The van der Waals surface area contributed by atoms with Crippen LogP contribution in [0.3, 0.4) is 0 Å². The van der Waals surface area contributed by atoms with E-state index in [2.05, 4.69) is 10.1 Å². The van der Waals surface area contributed by atoms with E-state index in [0.29, 0.717) is 13.0 Å². The minimum absolute atomic E-state index is 0.219. The minimum atomic E-state index is -0.524. The normalized spacial score (nSPS) is 9.76. The van der Waals surface area contributed by atoms with E-state index in [-0.39, 0.29) is 18.1 Å². The summed E-state index contributed by atoms with van der Waals surface area (Å²) in [6.45, 7) is 2.16. The fourth-order valence-corrected chi connectivity index (χ4v) is 1.35. The lowest BCUT2D eigenvalue weighted by atomic mass is 10.1. The second-order valence-corrected chi connectivity index (χ2v) is 3.97. The van der Waals surface area contributed by atoms with E-state index in [1.807, 2.05) is 0 Å². The number of rotatable bonds is 9. The van der Waals surface area contributed by atoms with Crippen molar-refractivity contribution >= 4 is 17.7 Å². The Labute approximate surface area is 102 Å². The molecule has 17 heavy (non-hydrogen) atoms. The van der Waals surface area contributed by atoms with E-state index in [9.17, 15) is 14.4 Å². The number of Topliss-reactive ketones (excluding diaryl/α,β-unsaturated/α-hetero) is 1. The van der Waals surface area contributed by atoms with Gasteiger partial charge in [0.25, 0.3) is 0 Å². The molecule has 0 aliphatic rings. The lowest BCUT2D eigenvalue weighted by Gasteiger charge is -2.04. The van der Waals surface area contributed by atoms with Gasteiger partial charge in [-0.1, -0.05) is 12.8 Å². The summed E-state index contributed by atoms with van der Waals surface area (Å²) in [5.74, 6) is -0.610. The van der Waals surface area contributed by atoms with Gasteiger partial charge < -0.3 is 14.8 Å². The van der Waals surface area contributed by atoms with Gasteiger partial charge in [-0.05, 0) is 19.8 Å². The summed E-state index contributed by atoms with van der Waals surface area (Å²) in [4.78, 5) is 32.5. The zero-order valence-corrected chi connectivity index (χ0v) is 10.6. The van der Waals surface area contributed by atoms with Gasteiger partial charge in [-0.2, -0.15) is 0 Å². The Kier molecular flexibility index (Phi) is 9.01. The maximum atomic E-state index is 11.1. The molecule has 0 unspecified atom stereocenters. The first-order chi connectivity index (χ1) is 8.06. The molecule has 0 aromatic rings. The van der Waals surface area contributed by atoms with Crippen molar-refractivity contribution in [2.75, 3.05) is 13.7 Å². The van der Waals surface area contributed by atoms with Crippen molar-refractivity contribution in [3.63, 3.8) is 0 Å². The number of amides is 1. The summed E-state index contributed by atoms with van der Waals surface area (Å²) >= 11 is 0. The smallest absolute Gasteiger partial charge is 0.315 e. The number of carbonyl (C=O) groups is 3. The lowest BCUT2D eigenvalue weighted by Crippen LogP contribution is -2.27. The summed E-state index contributed by atoms with van der Waals surface area (Å²) in [7, 11) is 1.25. The zero-order chi connectivity index (χ0) is 13.1. The van der Waals surface area contributed by atoms with Crippen molar-refractivity contribution in [3.8, 4) is 0 Å². The summed E-state index contributed by atoms with van der Waals surface area (Å²) in [5, 5.41) is 2.64. The molecule has 0 bridgehead atoms. The van der Waals surface area contributed by atoms with Crippen LogP contribution in [0.15, 0.2) is 0 Å². The Morgan fingerprint density at radius 2 is 1.71 bits per heavy atom. The van der Waals surface area contributed by atoms with Gasteiger partial charge in [0, 0.05) is 13.0 Å². The second kappa shape index (κ2) is 9.81. The van der Waals surface area contributed by atoms with Crippen LogP contribution in [0.1, 0.15) is 45.4 Å².